The van der Waals surface area contributed by atoms with Crippen LogP contribution in [0.5, 0.6) is 0 Å². The lowest BCUT2D eigenvalue weighted by Crippen LogP contribution is -2.60. The highest BCUT2D eigenvalue weighted by Crippen LogP contribution is 2.36. The predicted molar refractivity (Wildman–Crippen MR) is 59.6 cm³/mol. The van der Waals surface area contributed by atoms with E-state index >= 15 is 0 Å². The van der Waals surface area contributed by atoms with Gasteiger partial charge in [0.25, 0.3) is 0 Å². The van der Waals surface area contributed by atoms with Crippen molar-refractivity contribution in [3.05, 3.63) is 12.7 Å². The molecule has 0 aromatic carbocycles. The topological polar surface area (TPSA) is 57.6 Å². The van der Waals surface area contributed by atoms with Crippen LogP contribution in [0.3, 0.4) is 0 Å². The summed E-state index contributed by atoms with van der Waals surface area (Å²) in [6.45, 7) is 5.36. The SMILES string of the molecule is C=CCSC1C(CC)C(=O)N1CC(=O)O. The van der Waals surface area contributed by atoms with Gasteiger partial charge in [0.15, 0.2) is 0 Å². The molecule has 0 aromatic heterocycles. The third-order valence-electron chi connectivity index (χ3n) is 2.38. The van der Waals surface area contributed by atoms with Crippen LogP contribution in [0.1, 0.15) is 13.3 Å². The number of thioether (sulfide) groups is 1. The van der Waals surface area contributed by atoms with E-state index in [1.54, 1.807) is 17.8 Å². The van der Waals surface area contributed by atoms with Crippen molar-refractivity contribution in [3.8, 4) is 0 Å². The fourth-order valence-electron chi connectivity index (χ4n) is 1.66. The summed E-state index contributed by atoms with van der Waals surface area (Å²) < 4.78 is 0. The first-order valence-electron chi connectivity index (χ1n) is 4.86. The Labute approximate surface area is 93.3 Å². The number of carbonyl (C=O) groups excluding carboxylic acids is 1. The van der Waals surface area contributed by atoms with Crippen LogP contribution in [0.2, 0.25) is 0 Å². The molecule has 0 spiro atoms. The molecule has 0 aromatic rings. The van der Waals surface area contributed by atoms with Crippen molar-refractivity contribution >= 4 is 23.6 Å². The first-order chi connectivity index (χ1) is 7.11. The summed E-state index contributed by atoms with van der Waals surface area (Å²) >= 11 is 1.57. The number of amides is 1. The van der Waals surface area contributed by atoms with Crippen LogP contribution in [-0.4, -0.2) is 39.6 Å². The van der Waals surface area contributed by atoms with Gasteiger partial charge < -0.3 is 10.0 Å². The molecular weight excluding hydrogens is 214 g/mol. The molecule has 0 saturated carbocycles. The van der Waals surface area contributed by atoms with Gasteiger partial charge >= 0.3 is 5.97 Å². The Hall–Kier alpha value is -0.970. The van der Waals surface area contributed by atoms with Crippen molar-refractivity contribution in [1.29, 1.82) is 0 Å². The number of aliphatic carboxylic acids is 1. The first kappa shape index (κ1) is 12.1. The van der Waals surface area contributed by atoms with Gasteiger partial charge in [0, 0.05) is 5.75 Å². The molecule has 1 saturated heterocycles. The molecule has 0 aliphatic carbocycles. The van der Waals surface area contributed by atoms with Gasteiger partial charge in [0.05, 0.1) is 11.3 Å². The lowest BCUT2D eigenvalue weighted by Gasteiger charge is -2.45. The number of β-lactam (4-membered cyclic amide) rings is 1. The minimum absolute atomic E-state index is 0.0107. The first-order valence-corrected chi connectivity index (χ1v) is 5.91. The highest BCUT2D eigenvalue weighted by Gasteiger charge is 2.46. The Morgan fingerprint density at radius 3 is 2.87 bits per heavy atom. The van der Waals surface area contributed by atoms with Gasteiger partial charge in [-0.3, -0.25) is 9.59 Å². The predicted octanol–water partition coefficient (Wildman–Crippen LogP) is 1.18. The monoisotopic (exact) mass is 229 g/mol. The fourth-order valence-corrected chi connectivity index (χ4v) is 2.89. The summed E-state index contributed by atoms with van der Waals surface area (Å²) in [5, 5.41) is 8.66. The second-order valence-electron chi connectivity index (χ2n) is 3.39. The Morgan fingerprint density at radius 1 is 1.73 bits per heavy atom. The molecular formula is C10H15NO3S. The molecule has 15 heavy (non-hydrogen) atoms. The van der Waals surface area contributed by atoms with Gasteiger partial charge in [0.1, 0.15) is 6.54 Å². The van der Waals surface area contributed by atoms with E-state index in [1.807, 2.05) is 6.92 Å². The van der Waals surface area contributed by atoms with Gasteiger partial charge in [0.2, 0.25) is 5.91 Å². The number of carboxylic acids is 1. The molecule has 1 heterocycles. The third kappa shape index (κ3) is 2.53. The van der Waals surface area contributed by atoms with Crippen LogP contribution in [0.15, 0.2) is 12.7 Å². The maximum atomic E-state index is 11.5. The number of rotatable bonds is 6. The molecule has 1 aliphatic rings. The maximum Gasteiger partial charge on any atom is 0.323 e. The molecule has 4 nitrogen and oxygen atoms in total. The number of carboxylic acid groups (broad SMARTS) is 1. The Bertz CT molecular complexity index is 280. The number of hydrogen-bond acceptors (Lipinski definition) is 3. The summed E-state index contributed by atoms with van der Waals surface area (Å²) in [7, 11) is 0. The van der Waals surface area contributed by atoms with E-state index in [0.717, 1.165) is 12.2 Å². The summed E-state index contributed by atoms with van der Waals surface area (Å²) in [6.07, 6.45) is 2.53. The molecule has 2 unspecified atom stereocenters. The molecule has 84 valence electrons. The van der Waals surface area contributed by atoms with E-state index in [0.29, 0.717) is 0 Å². The van der Waals surface area contributed by atoms with Gasteiger partial charge in [-0.25, -0.2) is 0 Å². The normalized spacial score (nSPS) is 24.9. The molecule has 2 atom stereocenters. The molecule has 5 heteroatoms. The average Bonchev–Trinajstić information content (AvgIpc) is 2.20. The van der Waals surface area contributed by atoms with Crippen LogP contribution < -0.4 is 0 Å². The number of likely N-dealkylation sites (tertiary alicyclic amines) is 1. The number of nitrogens with zero attached hydrogens (tertiary/aromatic N) is 1. The molecule has 1 fully saturated rings. The van der Waals surface area contributed by atoms with E-state index in [1.165, 1.54) is 4.90 Å². The van der Waals surface area contributed by atoms with Gasteiger partial charge in [-0.2, -0.15) is 0 Å². The van der Waals surface area contributed by atoms with E-state index in [9.17, 15) is 9.59 Å². The minimum Gasteiger partial charge on any atom is -0.480 e. The maximum absolute atomic E-state index is 11.5. The standard InChI is InChI=1S/C10H15NO3S/c1-3-5-15-10-7(4-2)9(14)11(10)6-8(12)13/h3,7,10H,1,4-6H2,2H3,(H,12,13). The summed E-state index contributed by atoms with van der Waals surface area (Å²) in [5.74, 6) is -0.275. The highest BCUT2D eigenvalue weighted by atomic mass is 32.2. The van der Waals surface area contributed by atoms with Crippen LogP contribution in [0, 0.1) is 5.92 Å². The fraction of sp³-hybridized carbons (Fsp3) is 0.600. The Kier molecular flexibility index (Phi) is 4.20. The second kappa shape index (κ2) is 5.21. The van der Waals surface area contributed by atoms with E-state index < -0.39 is 5.97 Å². The Morgan fingerprint density at radius 2 is 2.40 bits per heavy atom. The van der Waals surface area contributed by atoms with Crippen molar-refractivity contribution in [1.82, 2.24) is 4.90 Å². The molecule has 1 N–H and O–H groups in total. The number of carbonyl (C=O) groups is 2. The Balaban J connectivity index is 2.57. The van der Waals surface area contributed by atoms with Crippen molar-refractivity contribution in [2.45, 2.75) is 18.7 Å². The van der Waals surface area contributed by atoms with Gasteiger partial charge in [-0.05, 0) is 6.42 Å². The zero-order chi connectivity index (χ0) is 11.4. The van der Waals surface area contributed by atoms with Crippen LogP contribution in [-0.2, 0) is 9.59 Å². The zero-order valence-corrected chi connectivity index (χ0v) is 9.50. The number of hydrogen-bond donors (Lipinski definition) is 1. The summed E-state index contributed by atoms with van der Waals surface area (Å²) in [5.41, 5.74) is 0. The zero-order valence-electron chi connectivity index (χ0n) is 8.68. The molecule has 1 aliphatic heterocycles. The van der Waals surface area contributed by atoms with Crippen LogP contribution >= 0.6 is 11.8 Å². The minimum atomic E-state index is -0.956. The second-order valence-corrected chi connectivity index (χ2v) is 4.54. The molecule has 1 rings (SSSR count). The van der Waals surface area contributed by atoms with Crippen molar-refractivity contribution < 1.29 is 14.7 Å². The average molecular weight is 229 g/mol. The third-order valence-corrected chi connectivity index (χ3v) is 3.73. The van der Waals surface area contributed by atoms with Crippen molar-refractivity contribution in [2.24, 2.45) is 5.92 Å². The lowest BCUT2D eigenvalue weighted by atomic mass is 9.95. The molecule has 1 amide bonds. The van der Waals surface area contributed by atoms with Crippen molar-refractivity contribution in [2.75, 3.05) is 12.3 Å². The summed E-state index contributed by atoms with van der Waals surface area (Å²) in [6, 6.07) is 0. The van der Waals surface area contributed by atoms with Crippen LogP contribution in [0.4, 0.5) is 0 Å². The molecule has 0 bridgehead atoms. The van der Waals surface area contributed by atoms with Crippen molar-refractivity contribution in [3.63, 3.8) is 0 Å². The van der Waals surface area contributed by atoms with E-state index in [-0.39, 0.29) is 23.7 Å². The highest BCUT2D eigenvalue weighted by molar-refractivity contribution is 8.00. The quantitative estimate of drug-likeness (QED) is 0.549. The van der Waals surface area contributed by atoms with Gasteiger partial charge in [-0.1, -0.05) is 13.0 Å². The lowest BCUT2D eigenvalue weighted by molar-refractivity contribution is -0.157. The molecule has 0 radical (unpaired) electrons. The van der Waals surface area contributed by atoms with Gasteiger partial charge in [-0.15, -0.1) is 18.3 Å². The smallest absolute Gasteiger partial charge is 0.323 e. The van der Waals surface area contributed by atoms with E-state index in [2.05, 4.69) is 6.58 Å². The van der Waals surface area contributed by atoms with Crippen LogP contribution in [0.25, 0.3) is 0 Å². The summed E-state index contributed by atoms with van der Waals surface area (Å²) in [4.78, 5) is 23.5. The largest absolute Gasteiger partial charge is 0.480 e. The van der Waals surface area contributed by atoms with E-state index in [4.69, 9.17) is 5.11 Å².